The molecule has 0 heterocycles. The zero-order valence-electron chi connectivity index (χ0n) is 21.3. The molecule has 0 aromatic carbocycles. The van der Waals surface area contributed by atoms with Crippen molar-refractivity contribution in [2.75, 3.05) is 13.2 Å². The van der Waals surface area contributed by atoms with Gasteiger partial charge in [0.2, 0.25) is 5.78 Å². The second-order valence-electron chi connectivity index (χ2n) is 11.1. The quantitative estimate of drug-likeness (QED) is 0.543. The molecule has 0 bridgehead atoms. The van der Waals surface area contributed by atoms with E-state index in [0.29, 0.717) is 18.4 Å². The fourth-order valence-electron chi connectivity index (χ4n) is 7.65. The molecule has 0 aromatic heterocycles. The average molecular weight is 507 g/mol. The van der Waals surface area contributed by atoms with Gasteiger partial charge in [0, 0.05) is 23.7 Å². The summed E-state index contributed by atoms with van der Waals surface area (Å²) in [6.45, 7) is 6.19. The molecule has 0 saturated heterocycles. The third-order valence-electron chi connectivity index (χ3n) is 9.14. The lowest BCUT2D eigenvalue weighted by atomic mass is 9.46. The third-order valence-corrected chi connectivity index (χ3v) is 9.14. The Balaban J connectivity index is 1.73. The SMILES string of the molecule is CCCOC(=O)O[C@]1(C(=O)COC(C)=O)CC[C@H]2[C@@H]3C[C@H](F)C4=CC(=O)C=C[C@]4(C)[C@H]3C(O)C[C@@]21C. The fourth-order valence-corrected chi connectivity index (χ4v) is 7.65. The van der Waals surface area contributed by atoms with Crippen molar-refractivity contribution in [1.82, 2.24) is 0 Å². The molecule has 1 unspecified atom stereocenters. The standard InChI is InChI=1S/C27H35FO8/c1-5-10-34-24(33)36-27(22(32)14-35-15(2)29)9-7-18-17-12-20(28)19-11-16(30)6-8-25(19,3)23(17)21(31)13-26(18,27)4/h6,8,11,17-18,20-21,23,31H,5,7,9-10,12-14H2,1-4H3/t17-,18-,20-,21?,23+,25-,26-,27-/m0/s1. The number of halogens is 1. The summed E-state index contributed by atoms with van der Waals surface area (Å²) in [6, 6.07) is 0. The number of rotatable bonds is 6. The van der Waals surface area contributed by atoms with E-state index >= 15 is 4.39 Å². The number of allylic oxidation sites excluding steroid dienone is 4. The second-order valence-corrected chi connectivity index (χ2v) is 11.1. The van der Waals surface area contributed by atoms with E-state index in [1.807, 2.05) is 13.8 Å². The number of ether oxygens (including phenoxy) is 3. The first-order valence-corrected chi connectivity index (χ1v) is 12.7. The molecule has 3 saturated carbocycles. The monoisotopic (exact) mass is 506 g/mol. The highest BCUT2D eigenvalue weighted by molar-refractivity contribution is 6.01. The lowest BCUT2D eigenvalue weighted by molar-refractivity contribution is -0.187. The molecule has 4 rings (SSSR count). The number of alkyl halides is 1. The Bertz CT molecular complexity index is 1020. The largest absolute Gasteiger partial charge is 0.509 e. The van der Waals surface area contributed by atoms with Crippen molar-refractivity contribution in [3.8, 4) is 0 Å². The van der Waals surface area contributed by atoms with Crippen LogP contribution in [0.25, 0.3) is 0 Å². The van der Waals surface area contributed by atoms with Crippen LogP contribution in [0, 0.1) is 28.6 Å². The van der Waals surface area contributed by atoms with E-state index in [-0.39, 0.29) is 49.4 Å². The summed E-state index contributed by atoms with van der Waals surface area (Å²) in [5.74, 6) is -2.45. The van der Waals surface area contributed by atoms with Crippen LogP contribution in [0.4, 0.5) is 9.18 Å². The number of carbonyl (C=O) groups excluding carboxylic acids is 4. The van der Waals surface area contributed by atoms with Crippen molar-refractivity contribution in [2.45, 2.75) is 77.7 Å². The molecule has 1 N–H and O–H groups in total. The number of hydrogen-bond donors (Lipinski definition) is 1. The molecule has 0 radical (unpaired) electrons. The van der Waals surface area contributed by atoms with Crippen molar-refractivity contribution in [1.29, 1.82) is 0 Å². The van der Waals surface area contributed by atoms with Gasteiger partial charge in [-0.05, 0) is 61.7 Å². The van der Waals surface area contributed by atoms with E-state index < -0.39 is 53.2 Å². The molecule has 4 aliphatic rings. The number of esters is 1. The number of aliphatic hydroxyl groups excluding tert-OH is 1. The van der Waals surface area contributed by atoms with E-state index in [4.69, 9.17) is 14.2 Å². The van der Waals surface area contributed by atoms with Crippen LogP contribution in [-0.2, 0) is 28.6 Å². The summed E-state index contributed by atoms with van der Waals surface area (Å²) in [5.41, 5.74) is -3.19. The summed E-state index contributed by atoms with van der Waals surface area (Å²) >= 11 is 0. The van der Waals surface area contributed by atoms with E-state index in [1.165, 1.54) is 19.1 Å². The average Bonchev–Trinajstić information content (AvgIpc) is 3.09. The van der Waals surface area contributed by atoms with Gasteiger partial charge in [-0.25, -0.2) is 9.18 Å². The lowest BCUT2D eigenvalue weighted by Gasteiger charge is -2.60. The first kappa shape index (κ1) is 26.5. The molecule has 9 heteroatoms. The molecular formula is C27H35FO8. The van der Waals surface area contributed by atoms with Crippen LogP contribution in [0.2, 0.25) is 0 Å². The number of hydrogen-bond acceptors (Lipinski definition) is 8. The van der Waals surface area contributed by atoms with Gasteiger partial charge in [-0.15, -0.1) is 0 Å². The molecule has 36 heavy (non-hydrogen) atoms. The number of Topliss-reactive ketones (excluding diaryl/α,β-unsaturated/α-hetero) is 1. The highest BCUT2D eigenvalue weighted by Crippen LogP contribution is 2.68. The van der Waals surface area contributed by atoms with Crippen LogP contribution in [0.5, 0.6) is 0 Å². The van der Waals surface area contributed by atoms with Gasteiger partial charge in [-0.1, -0.05) is 26.8 Å². The maximum atomic E-state index is 15.6. The minimum atomic E-state index is -1.69. The molecule has 0 aromatic rings. The fraction of sp³-hybridized carbons (Fsp3) is 0.704. The van der Waals surface area contributed by atoms with Crippen molar-refractivity contribution in [2.24, 2.45) is 28.6 Å². The summed E-state index contributed by atoms with van der Waals surface area (Å²) in [4.78, 5) is 49.6. The zero-order valence-corrected chi connectivity index (χ0v) is 21.3. The first-order valence-electron chi connectivity index (χ1n) is 12.7. The van der Waals surface area contributed by atoms with Gasteiger partial charge >= 0.3 is 12.1 Å². The summed E-state index contributed by atoms with van der Waals surface area (Å²) < 4.78 is 31.5. The first-order chi connectivity index (χ1) is 16.9. The van der Waals surface area contributed by atoms with Crippen LogP contribution in [-0.4, -0.2) is 59.9 Å². The third kappa shape index (κ3) is 3.99. The molecule has 0 aliphatic heterocycles. The topological polar surface area (TPSA) is 116 Å². The van der Waals surface area contributed by atoms with Gasteiger partial charge in [-0.3, -0.25) is 14.4 Å². The summed E-state index contributed by atoms with van der Waals surface area (Å²) in [6.07, 6.45) is 2.53. The van der Waals surface area contributed by atoms with Crippen LogP contribution >= 0.6 is 0 Å². The summed E-state index contributed by atoms with van der Waals surface area (Å²) in [5, 5.41) is 11.5. The van der Waals surface area contributed by atoms with E-state index in [0.717, 1.165) is 0 Å². The van der Waals surface area contributed by atoms with E-state index in [9.17, 15) is 24.3 Å². The van der Waals surface area contributed by atoms with Gasteiger partial charge in [-0.2, -0.15) is 0 Å². The van der Waals surface area contributed by atoms with Crippen LogP contribution in [0.1, 0.15) is 59.8 Å². The van der Waals surface area contributed by atoms with Gasteiger partial charge in [0.05, 0.1) is 12.7 Å². The Morgan fingerprint density at radius 3 is 2.61 bits per heavy atom. The predicted octanol–water partition coefficient (Wildman–Crippen LogP) is 3.65. The van der Waals surface area contributed by atoms with Crippen molar-refractivity contribution in [3.05, 3.63) is 23.8 Å². The Hall–Kier alpha value is -2.55. The molecular weight excluding hydrogens is 471 g/mol. The number of fused-ring (bicyclic) bond motifs is 5. The highest BCUT2D eigenvalue weighted by atomic mass is 19.1. The Labute approximate surface area is 210 Å². The van der Waals surface area contributed by atoms with Gasteiger partial charge in [0.25, 0.3) is 0 Å². The maximum Gasteiger partial charge on any atom is 0.509 e. The zero-order chi connectivity index (χ0) is 26.5. The lowest BCUT2D eigenvalue weighted by Crippen LogP contribution is -2.64. The van der Waals surface area contributed by atoms with Crippen LogP contribution in [0.15, 0.2) is 23.8 Å². The minimum absolute atomic E-state index is 0.0963. The Morgan fingerprint density at radius 2 is 1.94 bits per heavy atom. The van der Waals surface area contributed by atoms with Crippen molar-refractivity contribution < 1.29 is 42.9 Å². The molecule has 8 atom stereocenters. The van der Waals surface area contributed by atoms with Gasteiger partial charge in [0.15, 0.2) is 18.0 Å². The molecule has 0 spiro atoms. The van der Waals surface area contributed by atoms with Crippen molar-refractivity contribution >= 4 is 23.7 Å². The van der Waals surface area contributed by atoms with Gasteiger partial charge < -0.3 is 19.3 Å². The van der Waals surface area contributed by atoms with Crippen LogP contribution in [0.3, 0.4) is 0 Å². The van der Waals surface area contributed by atoms with Crippen molar-refractivity contribution in [3.63, 3.8) is 0 Å². The number of carbonyl (C=O) groups is 4. The Kier molecular flexibility index (Phi) is 6.92. The van der Waals surface area contributed by atoms with Crippen LogP contribution < -0.4 is 0 Å². The maximum absolute atomic E-state index is 15.6. The Morgan fingerprint density at radius 1 is 1.22 bits per heavy atom. The molecule has 3 fully saturated rings. The molecule has 4 aliphatic carbocycles. The normalized spacial score (nSPS) is 40.9. The molecule has 198 valence electrons. The molecule has 8 nitrogen and oxygen atoms in total. The second kappa shape index (κ2) is 9.39. The predicted molar refractivity (Wildman–Crippen MR) is 125 cm³/mol. The smallest absolute Gasteiger partial charge is 0.458 e. The number of aliphatic hydroxyl groups is 1. The van der Waals surface area contributed by atoms with E-state index in [2.05, 4.69) is 0 Å². The minimum Gasteiger partial charge on any atom is -0.458 e. The summed E-state index contributed by atoms with van der Waals surface area (Å²) in [7, 11) is 0. The van der Waals surface area contributed by atoms with E-state index in [1.54, 1.807) is 13.0 Å². The number of ketones is 2. The highest BCUT2D eigenvalue weighted by Gasteiger charge is 2.71. The van der Waals surface area contributed by atoms with Gasteiger partial charge in [0.1, 0.15) is 6.17 Å². The molecule has 0 amide bonds.